The average molecular weight is 383 g/mol. The van der Waals surface area contributed by atoms with E-state index in [2.05, 4.69) is 5.32 Å². The third-order valence-corrected chi connectivity index (χ3v) is 6.18. The number of carbonyl (C=O) groups is 2. The lowest BCUT2D eigenvalue weighted by atomic mass is 9.73. The zero-order valence-electron chi connectivity index (χ0n) is 15.2. The predicted octanol–water partition coefficient (Wildman–Crippen LogP) is 4.14. The number of hydrogen-bond donors (Lipinski definition) is 1. The Labute approximate surface area is 164 Å². The third-order valence-electron chi connectivity index (χ3n) is 5.94. The second-order valence-corrected chi connectivity index (χ2v) is 8.09. The zero-order chi connectivity index (χ0) is 18.9. The molecule has 5 heteroatoms. The fourth-order valence-electron chi connectivity index (χ4n) is 4.11. The Bertz CT molecular complexity index is 843. The van der Waals surface area contributed by atoms with Crippen LogP contribution in [-0.2, 0) is 4.79 Å². The molecular weight excluding hydrogens is 360 g/mol. The molecule has 2 fully saturated rings. The van der Waals surface area contributed by atoms with E-state index >= 15 is 0 Å². The van der Waals surface area contributed by atoms with Crippen LogP contribution in [0.25, 0.3) is 11.1 Å². The smallest absolute Gasteiger partial charge is 0.253 e. The Morgan fingerprint density at radius 3 is 2.37 bits per heavy atom. The summed E-state index contributed by atoms with van der Waals surface area (Å²) in [6.45, 7) is 2.26. The number of hydrogen-bond acceptors (Lipinski definition) is 2. The van der Waals surface area contributed by atoms with E-state index in [1.807, 2.05) is 53.4 Å². The van der Waals surface area contributed by atoms with Crippen molar-refractivity contribution in [3.63, 3.8) is 0 Å². The van der Waals surface area contributed by atoms with Gasteiger partial charge in [-0.15, -0.1) is 0 Å². The summed E-state index contributed by atoms with van der Waals surface area (Å²) in [7, 11) is 0. The molecule has 4 rings (SSSR count). The van der Waals surface area contributed by atoms with Gasteiger partial charge in [-0.3, -0.25) is 9.59 Å². The molecule has 2 heterocycles. The molecule has 2 saturated heterocycles. The Kier molecular flexibility index (Phi) is 4.92. The Hall–Kier alpha value is -2.33. The van der Waals surface area contributed by atoms with Crippen molar-refractivity contribution in [2.75, 3.05) is 19.6 Å². The van der Waals surface area contributed by atoms with Crippen LogP contribution >= 0.6 is 11.6 Å². The molecule has 0 aromatic heterocycles. The molecule has 0 atom stereocenters. The summed E-state index contributed by atoms with van der Waals surface area (Å²) in [6.07, 6.45) is 3.47. The number of likely N-dealkylation sites (tertiary alicyclic amines) is 1. The number of benzene rings is 2. The van der Waals surface area contributed by atoms with Crippen LogP contribution in [0.3, 0.4) is 0 Å². The molecule has 2 aliphatic heterocycles. The number of nitrogens with zero attached hydrogens (tertiary/aromatic N) is 1. The number of halogens is 1. The van der Waals surface area contributed by atoms with E-state index in [0.717, 1.165) is 50.0 Å². The van der Waals surface area contributed by atoms with Gasteiger partial charge in [0.15, 0.2) is 0 Å². The summed E-state index contributed by atoms with van der Waals surface area (Å²) >= 11 is 6.06. The summed E-state index contributed by atoms with van der Waals surface area (Å²) in [6, 6.07) is 15.4. The molecule has 140 valence electrons. The molecule has 27 heavy (non-hydrogen) atoms. The van der Waals surface area contributed by atoms with Crippen LogP contribution < -0.4 is 5.32 Å². The first-order chi connectivity index (χ1) is 13.0. The second-order valence-electron chi connectivity index (χ2n) is 7.66. The predicted molar refractivity (Wildman–Crippen MR) is 107 cm³/mol. The van der Waals surface area contributed by atoms with Crippen molar-refractivity contribution in [3.8, 4) is 11.1 Å². The highest BCUT2D eigenvalue weighted by Crippen LogP contribution is 2.37. The number of amides is 2. The number of nitrogens with one attached hydrogen (secondary N) is 1. The van der Waals surface area contributed by atoms with Crippen molar-refractivity contribution in [1.82, 2.24) is 10.2 Å². The molecular formula is C22H23ClN2O2. The van der Waals surface area contributed by atoms with Crippen LogP contribution in [0.5, 0.6) is 0 Å². The minimum absolute atomic E-state index is 0.0855. The SMILES string of the molecule is O=C1CCC2(CCN(C(=O)c3ccc(-c4cccc(Cl)c4)cc3)CC2)CN1. The highest BCUT2D eigenvalue weighted by atomic mass is 35.5. The van der Waals surface area contributed by atoms with Crippen LogP contribution in [0.4, 0.5) is 0 Å². The standard InChI is InChI=1S/C22H23ClN2O2/c23-19-3-1-2-18(14-19)16-4-6-17(7-5-16)21(27)25-12-10-22(11-13-25)9-8-20(26)24-15-22/h1-7,14H,8-13,15H2,(H,24,26). The number of piperidine rings is 2. The molecule has 0 saturated carbocycles. The Morgan fingerprint density at radius 1 is 1.00 bits per heavy atom. The van der Waals surface area contributed by atoms with Crippen LogP contribution in [0.2, 0.25) is 5.02 Å². The first-order valence-electron chi connectivity index (χ1n) is 9.47. The van der Waals surface area contributed by atoms with Crippen molar-refractivity contribution in [2.45, 2.75) is 25.7 Å². The van der Waals surface area contributed by atoms with Crippen molar-refractivity contribution in [1.29, 1.82) is 0 Å². The van der Waals surface area contributed by atoms with E-state index < -0.39 is 0 Å². The van der Waals surface area contributed by atoms with Gasteiger partial charge in [-0.25, -0.2) is 0 Å². The maximum Gasteiger partial charge on any atom is 0.253 e. The maximum atomic E-state index is 12.9. The molecule has 0 unspecified atom stereocenters. The first-order valence-corrected chi connectivity index (χ1v) is 9.85. The molecule has 2 aromatic rings. The van der Waals surface area contributed by atoms with Crippen LogP contribution in [-0.4, -0.2) is 36.3 Å². The average Bonchev–Trinajstić information content (AvgIpc) is 2.71. The summed E-state index contributed by atoms with van der Waals surface area (Å²) < 4.78 is 0. The molecule has 4 nitrogen and oxygen atoms in total. The van der Waals surface area contributed by atoms with Gasteiger partial charge in [0.05, 0.1) is 0 Å². The molecule has 2 aromatic carbocycles. The van der Waals surface area contributed by atoms with Crippen LogP contribution in [0, 0.1) is 5.41 Å². The van der Waals surface area contributed by atoms with E-state index in [9.17, 15) is 9.59 Å². The lowest BCUT2D eigenvalue weighted by molar-refractivity contribution is -0.125. The lowest BCUT2D eigenvalue weighted by Gasteiger charge is -2.44. The van der Waals surface area contributed by atoms with Crippen molar-refractivity contribution < 1.29 is 9.59 Å². The Balaban J connectivity index is 1.41. The van der Waals surface area contributed by atoms with Crippen molar-refractivity contribution >= 4 is 23.4 Å². The van der Waals surface area contributed by atoms with Crippen LogP contribution in [0.15, 0.2) is 48.5 Å². The van der Waals surface area contributed by atoms with E-state index in [-0.39, 0.29) is 17.2 Å². The summed E-state index contributed by atoms with van der Waals surface area (Å²) in [4.78, 5) is 26.2. The molecule has 0 radical (unpaired) electrons. The van der Waals surface area contributed by atoms with Crippen molar-refractivity contribution in [2.24, 2.45) is 5.41 Å². The van der Waals surface area contributed by atoms with Gasteiger partial charge < -0.3 is 10.2 Å². The minimum atomic E-state index is 0.0855. The largest absolute Gasteiger partial charge is 0.356 e. The van der Waals surface area contributed by atoms with Crippen LogP contribution in [0.1, 0.15) is 36.0 Å². The molecule has 2 amide bonds. The quantitative estimate of drug-likeness (QED) is 0.848. The summed E-state index contributed by atoms with van der Waals surface area (Å²) in [5.74, 6) is 0.237. The molecule has 0 bridgehead atoms. The molecule has 2 aliphatic rings. The van der Waals surface area contributed by atoms with Gasteiger partial charge in [-0.05, 0) is 60.1 Å². The van der Waals surface area contributed by atoms with Gasteiger partial charge in [0.1, 0.15) is 0 Å². The summed E-state index contributed by atoms with van der Waals surface area (Å²) in [5.41, 5.74) is 2.99. The maximum absolute atomic E-state index is 12.9. The fraction of sp³-hybridized carbons (Fsp3) is 0.364. The number of rotatable bonds is 2. The topological polar surface area (TPSA) is 49.4 Å². The lowest BCUT2D eigenvalue weighted by Crippen LogP contribution is -2.50. The van der Waals surface area contributed by atoms with Gasteiger partial charge in [-0.2, -0.15) is 0 Å². The van der Waals surface area contributed by atoms with Gasteiger partial charge >= 0.3 is 0 Å². The molecule has 1 spiro atoms. The first kappa shape index (κ1) is 18.1. The highest BCUT2D eigenvalue weighted by molar-refractivity contribution is 6.30. The van der Waals surface area contributed by atoms with E-state index in [4.69, 9.17) is 11.6 Å². The van der Waals surface area contributed by atoms with E-state index in [1.54, 1.807) is 0 Å². The molecule has 0 aliphatic carbocycles. The van der Waals surface area contributed by atoms with Gasteiger partial charge in [0, 0.05) is 36.6 Å². The van der Waals surface area contributed by atoms with Gasteiger partial charge in [0.2, 0.25) is 5.91 Å². The van der Waals surface area contributed by atoms with E-state index in [1.165, 1.54) is 0 Å². The third kappa shape index (κ3) is 3.86. The highest BCUT2D eigenvalue weighted by Gasteiger charge is 2.38. The summed E-state index contributed by atoms with van der Waals surface area (Å²) in [5, 5.41) is 3.69. The zero-order valence-corrected chi connectivity index (χ0v) is 16.0. The van der Waals surface area contributed by atoms with Crippen molar-refractivity contribution in [3.05, 3.63) is 59.1 Å². The normalized spacial score (nSPS) is 19.0. The minimum Gasteiger partial charge on any atom is -0.356 e. The molecule has 1 N–H and O–H groups in total. The van der Waals surface area contributed by atoms with E-state index in [0.29, 0.717) is 17.0 Å². The van der Waals surface area contributed by atoms with Gasteiger partial charge in [0.25, 0.3) is 5.91 Å². The second kappa shape index (κ2) is 7.35. The van der Waals surface area contributed by atoms with Gasteiger partial charge in [-0.1, -0.05) is 35.9 Å². The monoisotopic (exact) mass is 382 g/mol. The fourth-order valence-corrected chi connectivity index (χ4v) is 4.30. The Morgan fingerprint density at radius 2 is 1.74 bits per heavy atom. The number of carbonyl (C=O) groups excluding carboxylic acids is 2.